The van der Waals surface area contributed by atoms with Crippen LogP contribution in [0.2, 0.25) is 0 Å². The van der Waals surface area contributed by atoms with Crippen LogP contribution in [0.1, 0.15) is 26.5 Å². The lowest BCUT2D eigenvalue weighted by Gasteiger charge is -2.34. The van der Waals surface area contributed by atoms with Crippen molar-refractivity contribution in [3.8, 4) is 5.69 Å². The number of rotatable bonds is 4. The van der Waals surface area contributed by atoms with E-state index in [1.807, 2.05) is 42.4 Å². The monoisotopic (exact) mass is 430 g/mol. The maximum absolute atomic E-state index is 13.6. The molecule has 6 heteroatoms. The fourth-order valence-corrected chi connectivity index (χ4v) is 5.66. The van der Waals surface area contributed by atoms with Crippen LogP contribution in [-0.2, 0) is 6.54 Å². The zero-order valence-corrected chi connectivity index (χ0v) is 18.7. The molecule has 5 nitrogen and oxygen atoms in total. The summed E-state index contributed by atoms with van der Waals surface area (Å²) in [6.45, 7) is 8.32. The third-order valence-electron chi connectivity index (χ3n) is 5.93. The largest absolute Gasteiger partial charge is 0.335 e. The van der Waals surface area contributed by atoms with Crippen molar-refractivity contribution < 1.29 is 4.79 Å². The molecule has 0 N–H and O–H groups in total. The van der Waals surface area contributed by atoms with Crippen LogP contribution < -0.4 is 0 Å². The van der Waals surface area contributed by atoms with Gasteiger partial charge in [-0.2, -0.15) is 0 Å². The van der Waals surface area contributed by atoms with E-state index in [4.69, 9.17) is 4.98 Å². The van der Waals surface area contributed by atoms with Gasteiger partial charge < -0.3 is 9.47 Å². The van der Waals surface area contributed by atoms with E-state index in [1.54, 1.807) is 0 Å². The molecule has 1 amide bonds. The molecular formula is C25H26N4OS. The first kappa shape index (κ1) is 20.0. The molecule has 1 aromatic carbocycles. The number of hydrogen-bond donors (Lipinski definition) is 0. The third kappa shape index (κ3) is 3.89. The van der Waals surface area contributed by atoms with Crippen LogP contribution in [-0.4, -0.2) is 51.4 Å². The number of piperazine rings is 1. The molecule has 1 fully saturated rings. The molecule has 3 aromatic heterocycles. The van der Waals surface area contributed by atoms with E-state index in [0.29, 0.717) is 0 Å². The van der Waals surface area contributed by atoms with Gasteiger partial charge in [-0.25, -0.2) is 4.98 Å². The number of fused-ring (bicyclic) bond motifs is 1. The Kier molecular flexibility index (Phi) is 5.34. The molecule has 0 saturated carbocycles. The van der Waals surface area contributed by atoms with Gasteiger partial charge in [0.2, 0.25) is 0 Å². The topological polar surface area (TPSA) is 41.4 Å². The zero-order valence-electron chi connectivity index (χ0n) is 17.9. The van der Waals surface area contributed by atoms with Crippen LogP contribution in [0.4, 0.5) is 0 Å². The van der Waals surface area contributed by atoms with Crippen molar-refractivity contribution >= 4 is 27.5 Å². The van der Waals surface area contributed by atoms with Gasteiger partial charge in [0.1, 0.15) is 9.71 Å². The lowest BCUT2D eigenvalue weighted by Crippen LogP contribution is -2.48. The summed E-state index contributed by atoms with van der Waals surface area (Å²) in [5, 5.41) is 1.08. The predicted molar refractivity (Wildman–Crippen MR) is 126 cm³/mol. The molecule has 0 unspecified atom stereocenters. The first-order chi connectivity index (χ1) is 15.1. The average Bonchev–Trinajstić information content (AvgIpc) is 3.42. The molecule has 0 atom stereocenters. The summed E-state index contributed by atoms with van der Waals surface area (Å²) >= 11 is 1.52. The van der Waals surface area contributed by atoms with Crippen LogP contribution in [0.25, 0.3) is 15.9 Å². The molecule has 0 aliphatic carbocycles. The summed E-state index contributed by atoms with van der Waals surface area (Å²) in [6.07, 6.45) is 4.02. The highest BCUT2D eigenvalue weighted by atomic mass is 32.1. The Bertz CT molecular complexity index is 1210. The summed E-state index contributed by atoms with van der Waals surface area (Å²) in [5.41, 5.74) is 4.43. The van der Waals surface area contributed by atoms with Crippen molar-refractivity contribution in [2.75, 3.05) is 26.2 Å². The second-order valence-corrected chi connectivity index (χ2v) is 9.18. The van der Waals surface area contributed by atoms with E-state index in [0.717, 1.165) is 64.8 Å². The Morgan fingerprint density at radius 1 is 1.00 bits per heavy atom. The number of pyridine rings is 1. The molecule has 1 saturated heterocycles. The third-order valence-corrected chi connectivity index (χ3v) is 6.99. The number of amides is 1. The number of thiophene rings is 1. The smallest absolute Gasteiger partial charge is 0.266 e. The van der Waals surface area contributed by atoms with Crippen molar-refractivity contribution in [3.05, 3.63) is 82.6 Å². The maximum atomic E-state index is 13.6. The Morgan fingerprint density at radius 2 is 1.71 bits per heavy atom. The quantitative estimate of drug-likeness (QED) is 0.473. The van der Waals surface area contributed by atoms with E-state index < -0.39 is 0 Å². The van der Waals surface area contributed by atoms with Crippen LogP contribution in [0.5, 0.6) is 0 Å². The molecule has 31 heavy (non-hydrogen) atoms. The number of aryl methyl sites for hydroxylation is 2. The second kappa shape index (κ2) is 8.29. The van der Waals surface area contributed by atoms with Crippen molar-refractivity contribution in [2.45, 2.75) is 20.4 Å². The van der Waals surface area contributed by atoms with Gasteiger partial charge >= 0.3 is 0 Å². The van der Waals surface area contributed by atoms with Gasteiger partial charge in [-0.1, -0.05) is 30.3 Å². The highest BCUT2D eigenvalue weighted by Gasteiger charge is 2.28. The molecule has 0 radical (unpaired) electrons. The van der Waals surface area contributed by atoms with Gasteiger partial charge in [0, 0.05) is 56.2 Å². The van der Waals surface area contributed by atoms with Crippen molar-refractivity contribution in [3.63, 3.8) is 0 Å². The van der Waals surface area contributed by atoms with Crippen molar-refractivity contribution in [2.24, 2.45) is 0 Å². The molecule has 4 heterocycles. The van der Waals surface area contributed by atoms with Gasteiger partial charge in [-0.3, -0.25) is 9.69 Å². The Balaban J connectivity index is 1.42. The van der Waals surface area contributed by atoms with Gasteiger partial charge in [-0.15, -0.1) is 11.3 Å². The summed E-state index contributed by atoms with van der Waals surface area (Å²) < 4.78 is 2.06. The normalized spacial score (nSPS) is 15.0. The van der Waals surface area contributed by atoms with E-state index in [2.05, 4.69) is 46.7 Å². The number of nitrogens with zero attached hydrogens (tertiary/aromatic N) is 4. The fraction of sp³-hybridized carbons (Fsp3) is 0.280. The number of hydrogen-bond acceptors (Lipinski definition) is 4. The molecule has 4 aromatic rings. The fourth-order valence-electron chi connectivity index (χ4n) is 4.39. The van der Waals surface area contributed by atoms with Crippen molar-refractivity contribution in [1.82, 2.24) is 19.4 Å². The van der Waals surface area contributed by atoms with Crippen LogP contribution >= 0.6 is 11.3 Å². The van der Waals surface area contributed by atoms with Crippen LogP contribution in [0.15, 0.2) is 60.9 Å². The van der Waals surface area contributed by atoms with E-state index >= 15 is 0 Å². The summed E-state index contributed by atoms with van der Waals surface area (Å²) in [6, 6.07) is 16.6. The molecule has 158 valence electrons. The van der Waals surface area contributed by atoms with Gasteiger partial charge in [0.25, 0.3) is 5.91 Å². The maximum Gasteiger partial charge on any atom is 0.266 e. The average molecular weight is 431 g/mol. The highest BCUT2D eigenvalue weighted by Crippen LogP contribution is 2.36. The molecular weight excluding hydrogens is 404 g/mol. The van der Waals surface area contributed by atoms with Gasteiger partial charge in [0.05, 0.1) is 5.69 Å². The van der Waals surface area contributed by atoms with E-state index in [1.165, 1.54) is 16.9 Å². The van der Waals surface area contributed by atoms with Crippen molar-refractivity contribution in [1.29, 1.82) is 0 Å². The first-order valence-corrected chi connectivity index (χ1v) is 11.5. The minimum absolute atomic E-state index is 0.114. The van der Waals surface area contributed by atoms with Gasteiger partial charge in [-0.05, 0) is 43.2 Å². The summed E-state index contributed by atoms with van der Waals surface area (Å²) in [7, 11) is 0. The van der Waals surface area contributed by atoms with Crippen LogP contribution in [0, 0.1) is 13.8 Å². The number of aromatic nitrogens is 2. The molecule has 1 aliphatic rings. The van der Waals surface area contributed by atoms with Gasteiger partial charge in [0.15, 0.2) is 0 Å². The lowest BCUT2D eigenvalue weighted by atomic mass is 10.1. The standard InChI is InChI=1S/C25H26N4OS/c1-18-16-19(2)26-24-21(18)22(28-10-6-7-11-28)23(31-24)25(30)29-14-12-27(13-15-29)17-20-8-4-3-5-9-20/h3-11,16H,12-15,17H2,1-2H3. The second-order valence-electron chi connectivity index (χ2n) is 8.18. The molecule has 0 spiro atoms. The molecule has 1 aliphatic heterocycles. The summed E-state index contributed by atoms with van der Waals surface area (Å²) in [4.78, 5) is 24.5. The minimum atomic E-state index is 0.114. The molecule has 0 bridgehead atoms. The SMILES string of the molecule is Cc1cc(C)c2c(-n3cccc3)c(C(=O)N3CCN(Cc4ccccc4)CC3)sc2n1. The lowest BCUT2D eigenvalue weighted by molar-refractivity contribution is 0.0633. The van der Waals surface area contributed by atoms with E-state index in [-0.39, 0.29) is 5.91 Å². The number of benzene rings is 1. The molecule has 5 rings (SSSR count). The predicted octanol–water partition coefficient (Wildman–Crippen LogP) is 4.66. The Labute approximate surface area is 186 Å². The zero-order chi connectivity index (χ0) is 21.4. The Hall–Kier alpha value is -2.96. The minimum Gasteiger partial charge on any atom is -0.335 e. The summed E-state index contributed by atoms with van der Waals surface area (Å²) in [5.74, 6) is 0.114. The van der Waals surface area contributed by atoms with E-state index in [9.17, 15) is 4.79 Å². The first-order valence-electron chi connectivity index (χ1n) is 10.7. The highest BCUT2D eigenvalue weighted by molar-refractivity contribution is 7.21. The van der Waals surface area contributed by atoms with Crippen LogP contribution in [0.3, 0.4) is 0 Å². The number of carbonyl (C=O) groups excluding carboxylic acids is 1. The Morgan fingerprint density at radius 3 is 2.42 bits per heavy atom. The number of carbonyl (C=O) groups is 1.